The fraction of sp³-hybridized carbons (Fsp3) is 0.323. The summed E-state index contributed by atoms with van der Waals surface area (Å²) in [6.45, 7) is 7.12. The number of amides is 1. The van der Waals surface area contributed by atoms with Gasteiger partial charge in [0.15, 0.2) is 0 Å². The minimum absolute atomic E-state index is 0.141. The fourth-order valence-corrected chi connectivity index (χ4v) is 5.05. The highest BCUT2D eigenvalue weighted by Gasteiger charge is 2.22. The molecule has 6 nitrogen and oxygen atoms in total. The number of aromatic nitrogens is 3. The molecule has 2 aromatic heterocycles. The molecule has 0 radical (unpaired) electrons. The van der Waals surface area contributed by atoms with Gasteiger partial charge < -0.3 is 14.8 Å². The van der Waals surface area contributed by atoms with Gasteiger partial charge in [-0.2, -0.15) is 0 Å². The topological polar surface area (TPSA) is 65.1 Å². The summed E-state index contributed by atoms with van der Waals surface area (Å²) in [6, 6.07) is 14.5. The maximum atomic E-state index is 13.5. The number of hydrogen-bond donors (Lipinski definition) is 1. The van der Waals surface area contributed by atoms with Gasteiger partial charge in [-0.1, -0.05) is 6.92 Å². The number of nitrogens with one attached hydrogen (secondary N) is 1. The Morgan fingerprint density at radius 2 is 1.59 bits per heavy atom. The van der Waals surface area contributed by atoms with Gasteiger partial charge in [-0.25, -0.2) is 18.7 Å². The van der Waals surface area contributed by atoms with E-state index in [-0.39, 0.29) is 17.5 Å². The Labute approximate surface area is 227 Å². The van der Waals surface area contributed by atoms with E-state index in [0.717, 1.165) is 42.1 Å². The number of aromatic amines is 1. The number of piperazine rings is 1. The molecular formula is C31H33F2N5O. The third-order valence-corrected chi connectivity index (χ3v) is 7.37. The normalized spacial score (nSPS) is 13.6. The minimum atomic E-state index is -0.316. The summed E-state index contributed by atoms with van der Waals surface area (Å²) in [7, 11) is 0. The number of aryl methyl sites for hydroxylation is 3. The SMILES string of the molecule is CCc1cc(N2CCN(C(=O)CCCc3[nH]c(-c4ccc(F)cc4)nc3-c3ccc(F)cc3)CC2)ncc1C. The summed E-state index contributed by atoms with van der Waals surface area (Å²) in [5, 5.41) is 0. The molecule has 0 atom stereocenters. The monoisotopic (exact) mass is 529 g/mol. The van der Waals surface area contributed by atoms with Crippen molar-refractivity contribution in [1.82, 2.24) is 19.9 Å². The van der Waals surface area contributed by atoms with Crippen LogP contribution in [0.3, 0.4) is 0 Å². The molecule has 0 spiro atoms. The predicted octanol–water partition coefficient (Wildman–Crippen LogP) is 5.96. The van der Waals surface area contributed by atoms with Crippen LogP contribution in [0, 0.1) is 18.6 Å². The van der Waals surface area contributed by atoms with E-state index in [1.165, 1.54) is 35.4 Å². The first kappa shape index (κ1) is 26.5. The summed E-state index contributed by atoms with van der Waals surface area (Å²) in [6.07, 6.45) is 4.60. The molecule has 0 bridgehead atoms. The standard InChI is InChI=1S/C31H33F2N5O/c1-3-22-19-28(34-20-21(22)2)37-15-17-38(18-16-37)29(39)6-4-5-27-30(23-7-11-25(32)12-8-23)36-31(35-27)24-9-13-26(33)14-10-24/h7-14,19-20H,3-6,15-18H2,1-2H3,(H,35,36). The van der Waals surface area contributed by atoms with E-state index < -0.39 is 0 Å². The highest BCUT2D eigenvalue weighted by molar-refractivity contribution is 5.76. The van der Waals surface area contributed by atoms with E-state index in [9.17, 15) is 13.6 Å². The number of hydrogen-bond acceptors (Lipinski definition) is 4. The van der Waals surface area contributed by atoms with Crippen LogP contribution in [-0.4, -0.2) is 51.9 Å². The van der Waals surface area contributed by atoms with Crippen molar-refractivity contribution in [3.8, 4) is 22.6 Å². The number of halogens is 2. The zero-order valence-electron chi connectivity index (χ0n) is 22.4. The van der Waals surface area contributed by atoms with Gasteiger partial charge in [0.25, 0.3) is 0 Å². The van der Waals surface area contributed by atoms with E-state index in [2.05, 4.69) is 34.8 Å². The second-order valence-corrected chi connectivity index (χ2v) is 9.97. The van der Waals surface area contributed by atoms with Crippen LogP contribution in [0.2, 0.25) is 0 Å². The summed E-state index contributed by atoms with van der Waals surface area (Å²) < 4.78 is 27.0. The Balaban J connectivity index is 1.21. The van der Waals surface area contributed by atoms with Crippen molar-refractivity contribution < 1.29 is 13.6 Å². The molecule has 1 N–H and O–H groups in total. The molecule has 0 saturated carbocycles. The summed E-state index contributed by atoms with van der Waals surface area (Å²) in [5.41, 5.74) is 5.64. The van der Waals surface area contributed by atoms with Crippen molar-refractivity contribution in [2.45, 2.75) is 39.5 Å². The Bertz CT molecular complexity index is 1420. The van der Waals surface area contributed by atoms with Gasteiger partial charge in [-0.15, -0.1) is 0 Å². The number of rotatable bonds is 8. The highest BCUT2D eigenvalue weighted by atomic mass is 19.1. The molecule has 2 aromatic carbocycles. The van der Waals surface area contributed by atoms with Crippen LogP contribution in [0.15, 0.2) is 60.8 Å². The number of benzene rings is 2. The highest BCUT2D eigenvalue weighted by Crippen LogP contribution is 2.28. The average molecular weight is 530 g/mol. The second-order valence-electron chi connectivity index (χ2n) is 9.97. The summed E-state index contributed by atoms with van der Waals surface area (Å²) >= 11 is 0. The number of H-pyrrole nitrogens is 1. The largest absolute Gasteiger partial charge is 0.353 e. The Kier molecular flexibility index (Phi) is 8.00. The van der Waals surface area contributed by atoms with E-state index in [1.807, 2.05) is 11.1 Å². The van der Waals surface area contributed by atoms with Crippen LogP contribution in [0.25, 0.3) is 22.6 Å². The van der Waals surface area contributed by atoms with Crippen molar-refractivity contribution in [3.63, 3.8) is 0 Å². The van der Waals surface area contributed by atoms with Gasteiger partial charge in [0, 0.05) is 55.6 Å². The molecular weight excluding hydrogens is 496 g/mol. The number of anilines is 1. The maximum absolute atomic E-state index is 13.5. The van der Waals surface area contributed by atoms with Gasteiger partial charge in [0.05, 0.1) is 5.69 Å². The van der Waals surface area contributed by atoms with E-state index in [4.69, 9.17) is 4.98 Å². The molecule has 0 unspecified atom stereocenters. The van der Waals surface area contributed by atoms with Crippen molar-refractivity contribution >= 4 is 11.7 Å². The number of nitrogens with zero attached hydrogens (tertiary/aromatic N) is 4. The molecule has 1 saturated heterocycles. The third-order valence-electron chi connectivity index (χ3n) is 7.37. The first-order valence-corrected chi connectivity index (χ1v) is 13.5. The zero-order valence-corrected chi connectivity index (χ0v) is 22.4. The molecule has 3 heterocycles. The second kappa shape index (κ2) is 11.8. The van der Waals surface area contributed by atoms with Crippen molar-refractivity contribution in [3.05, 3.63) is 89.2 Å². The predicted molar refractivity (Wildman–Crippen MR) is 149 cm³/mol. The summed E-state index contributed by atoms with van der Waals surface area (Å²) in [5.74, 6) is 1.10. The zero-order chi connectivity index (χ0) is 27.4. The number of carbonyl (C=O) groups excluding carboxylic acids is 1. The quantitative estimate of drug-likeness (QED) is 0.306. The number of imidazole rings is 1. The van der Waals surface area contributed by atoms with Crippen LogP contribution in [-0.2, 0) is 17.6 Å². The van der Waals surface area contributed by atoms with Gasteiger partial charge in [-0.05, 0) is 91.9 Å². The van der Waals surface area contributed by atoms with Gasteiger partial charge in [0.1, 0.15) is 23.3 Å². The van der Waals surface area contributed by atoms with E-state index in [0.29, 0.717) is 43.9 Å². The van der Waals surface area contributed by atoms with E-state index >= 15 is 0 Å². The molecule has 5 rings (SSSR count). The molecule has 1 fully saturated rings. The van der Waals surface area contributed by atoms with Crippen LogP contribution < -0.4 is 4.90 Å². The lowest BCUT2D eigenvalue weighted by Gasteiger charge is -2.35. The van der Waals surface area contributed by atoms with Gasteiger partial charge >= 0.3 is 0 Å². The first-order valence-electron chi connectivity index (χ1n) is 13.5. The number of pyridine rings is 1. The number of carbonyl (C=O) groups is 1. The Hall–Kier alpha value is -4.07. The lowest BCUT2D eigenvalue weighted by Crippen LogP contribution is -2.49. The van der Waals surface area contributed by atoms with E-state index in [1.54, 1.807) is 24.3 Å². The van der Waals surface area contributed by atoms with Crippen molar-refractivity contribution in [2.75, 3.05) is 31.1 Å². The van der Waals surface area contributed by atoms with Crippen LogP contribution >= 0.6 is 0 Å². The minimum Gasteiger partial charge on any atom is -0.353 e. The molecule has 39 heavy (non-hydrogen) atoms. The fourth-order valence-electron chi connectivity index (χ4n) is 5.05. The molecule has 1 aliphatic heterocycles. The molecule has 1 aliphatic rings. The van der Waals surface area contributed by atoms with Crippen molar-refractivity contribution in [1.29, 1.82) is 0 Å². The van der Waals surface area contributed by atoms with Gasteiger partial charge in [0.2, 0.25) is 5.91 Å². The smallest absolute Gasteiger partial charge is 0.222 e. The Morgan fingerprint density at radius 1 is 0.949 bits per heavy atom. The van der Waals surface area contributed by atoms with Crippen LogP contribution in [0.4, 0.5) is 14.6 Å². The molecule has 4 aromatic rings. The summed E-state index contributed by atoms with van der Waals surface area (Å²) in [4.78, 5) is 29.9. The average Bonchev–Trinajstić information content (AvgIpc) is 3.38. The van der Waals surface area contributed by atoms with Gasteiger partial charge in [-0.3, -0.25) is 4.79 Å². The molecule has 202 valence electrons. The first-order chi connectivity index (χ1) is 18.9. The van der Waals surface area contributed by atoms with Crippen LogP contribution in [0.1, 0.15) is 36.6 Å². The van der Waals surface area contributed by atoms with Crippen molar-refractivity contribution in [2.24, 2.45) is 0 Å². The van der Waals surface area contributed by atoms with Crippen LogP contribution in [0.5, 0.6) is 0 Å². The lowest BCUT2D eigenvalue weighted by atomic mass is 10.1. The molecule has 8 heteroatoms. The molecule has 0 aliphatic carbocycles. The Morgan fingerprint density at radius 3 is 2.23 bits per heavy atom. The lowest BCUT2D eigenvalue weighted by molar-refractivity contribution is -0.131. The molecule has 1 amide bonds. The third kappa shape index (κ3) is 6.16. The maximum Gasteiger partial charge on any atom is 0.222 e.